The number of aromatic carboxylic acids is 1. The molecule has 0 aliphatic rings. The van der Waals surface area contributed by atoms with Crippen LogP contribution in [-0.2, 0) is 0 Å². The quantitative estimate of drug-likeness (QED) is 0.613. The van der Waals surface area contributed by atoms with Gasteiger partial charge in [0.05, 0.1) is 10.5 Å². The van der Waals surface area contributed by atoms with E-state index in [0.29, 0.717) is 0 Å². The van der Waals surface area contributed by atoms with Crippen molar-refractivity contribution in [2.24, 2.45) is 0 Å². The lowest BCUT2D eigenvalue weighted by Crippen LogP contribution is -2.00. The average Bonchev–Trinajstić information content (AvgIpc) is 2.27. The van der Waals surface area contributed by atoms with Crippen LogP contribution in [0.4, 0.5) is 5.69 Å². The molecule has 2 aromatic rings. The van der Waals surface area contributed by atoms with Crippen LogP contribution in [0.5, 0.6) is 0 Å². The maximum atomic E-state index is 10.9. The molecule has 2 rings (SSSR count). The number of carboxylic acid groups (broad SMARTS) is 1. The summed E-state index contributed by atoms with van der Waals surface area (Å²) in [4.78, 5) is 24.9. The first-order valence-electron chi connectivity index (χ1n) is 4.36. The summed E-state index contributed by atoms with van der Waals surface area (Å²) in [6, 6.07) is 5.40. The summed E-state index contributed by atoms with van der Waals surface area (Å²) in [6.45, 7) is 0. The Kier molecular flexibility index (Phi) is 2.24. The van der Waals surface area contributed by atoms with Crippen molar-refractivity contribution in [1.82, 2.24) is 4.98 Å². The zero-order valence-electron chi connectivity index (χ0n) is 7.95. The number of benzene rings is 1. The second kappa shape index (κ2) is 3.58. The topological polar surface area (TPSA) is 93.3 Å². The molecule has 0 bridgehead atoms. The number of nitro groups is 1. The van der Waals surface area contributed by atoms with Crippen LogP contribution in [0.25, 0.3) is 10.9 Å². The minimum atomic E-state index is -1.13. The minimum absolute atomic E-state index is 0.00806. The maximum Gasteiger partial charge on any atom is 0.336 e. The van der Waals surface area contributed by atoms with E-state index in [2.05, 4.69) is 4.98 Å². The van der Waals surface area contributed by atoms with Crippen LogP contribution in [0.2, 0.25) is 0 Å². The molecular weight excluding hydrogens is 212 g/mol. The van der Waals surface area contributed by atoms with E-state index in [1.807, 2.05) is 0 Å². The Balaban J connectivity index is 2.87. The summed E-state index contributed by atoms with van der Waals surface area (Å²) in [5, 5.41) is 19.9. The molecule has 0 radical (unpaired) electrons. The van der Waals surface area contributed by atoms with Crippen molar-refractivity contribution in [2.75, 3.05) is 0 Å². The molecule has 0 unspecified atom stereocenters. The molecule has 0 spiro atoms. The van der Waals surface area contributed by atoms with Crippen LogP contribution in [0.1, 0.15) is 10.4 Å². The average molecular weight is 218 g/mol. The van der Waals surface area contributed by atoms with Gasteiger partial charge in [-0.25, -0.2) is 9.78 Å². The molecule has 0 aliphatic heterocycles. The van der Waals surface area contributed by atoms with E-state index in [1.165, 1.54) is 18.3 Å². The summed E-state index contributed by atoms with van der Waals surface area (Å²) >= 11 is 0. The number of pyridine rings is 1. The van der Waals surface area contributed by atoms with E-state index in [0.717, 1.165) is 6.07 Å². The van der Waals surface area contributed by atoms with Gasteiger partial charge >= 0.3 is 5.97 Å². The molecule has 1 aromatic heterocycles. The smallest absolute Gasteiger partial charge is 0.336 e. The molecule has 0 saturated carbocycles. The number of rotatable bonds is 2. The zero-order valence-corrected chi connectivity index (χ0v) is 7.95. The lowest BCUT2D eigenvalue weighted by atomic mass is 10.1. The largest absolute Gasteiger partial charge is 0.478 e. The Labute approximate surface area is 89.3 Å². The first-order chi connectivity index (χ1) is 7.61. The zero-order chi connectivity index (χ0) is 11.7. The molecule has 6 nitrogen and oxygen atoms in total. The highest BCUT2D eigenvalue weighted by atomic mass is 16.6. The van der Waals surface area contributed by atoms with Gasteiger partial charge < -0.3 is 5.11 Å². The number of aromatic nitrogens is 1. The van der Waals surface area contributed by atoms with Crippen molar-refractivity contribution in [3.63, 3.8) is 0 Å². The van der Waals surface area contributed by atoms with Gasteiger partial charge in [-0.3, -0.25) is 10.1 Å². The Morgan fingerprint density at radius 3 is 2.75 bits per heavy atom. The number of carbonyl (C=O) groups is 1. The summed E-state index contributed by atoms with van der Waals surface area (Å²) in [5.41, 5.74) is -0.0956. The first-order valence-corrected chi connectivity index (χ1v) is 4.36. The fourth-order valence-corrected chi connectivity index (χ4v) is 1.49. The van der Waals surface area contributed by atoms with Gasteiger partial charge in [0.15, 0.2) is 0 Å². The summed E-state index contributed by atoms with van der Waals surface area (Å²) in [6.07, 6.45) is 1.39. The third-order valence-corrected chi connectivity index (χ3v) is 2.18. The predicted octanol–water partition coefficient (Wildman–Crippen LogP) is 1.84. The number of fused-ring (bicyclic) bond motifs is 1. The number of nitro benzene ring substituents is 1. The van der Waals surface area contributed by atoms with E-state index < -0.39 is 10.9 Å². The van der Waals surface area contributed by atoms with E-state index in [1.54, 1.807) is 6.07 Å². The van der Waals surface area contributed by atoms with Crippen molar-refractivity contribution < 1.29 is 14.8 Å². The second-order valence-corrected chi connectivity index (χ2v) is 3.09. The van der Waals surface area contributed by atoms with Gasteiger partial charge in [0.2, 0.25) is 0 Å². The molecule has 6 heteroatoms. The maximum absolute atomic E-state index is 10.9. The lowest BCUT2D eigenvalue weighted by Gasteiger charge is -2.01. The van der Waals surface area contributed by atoms with Crippen molar-refractivity contribution >= 4 is 22.6 Å². The molecule has 1 heterocycles. The van der Waals surface area contributed by atoms with Crippen molar-refractivity contribution in [2.45, 2.75) is 0 Å². The molecule has 0 aliphatic carbocycles. The minimum Gasteiger partial charge on any atom is -0.478 e. The molecule has 0 fully saturated rings. The van der Waals surface area contributed by atoms with Gasteiger partial charge in [-0.2, -0.15) is 0 Å². The molecule has 0 saturated heterocycles. The van der Waals surface area contributed by atoms with Crippen LogP contribution in [-0.4, -0.2) is 21.0 Å². The van der Waals surface area contributed by atoms with Crippen LogP contribution < -0.4 is 0 Å². The fourth-order valence-electron chi connectivity index (χ4n) is 1.49. The molecular formula is C10H6N2O4. The number of nitrogens with zero attached hydrogens (tertiary/aromatic N) is 2. The molecule has 1 aromatic carbocycles. The van der Waals surface area contributed by atoms with Crippen LogP contribution in [0.15, 0.2) is 30.5 Å². The van der Waals surface area contributed by atoms with Crippen LogP contribution in [0.3, 0.4) is 0 Å². The summed E-state index contributed by atoms with van der Waals surface area (Å²) in [5.74, 6) is -1.13. The first kappa shape index (κ1) is 10.0. The van der Waals surface area contributed by atoms with Gasteiger partial charge in [0.1, 0.15) is 5.52 Å². The third kappa shape index (κ3) is 1.46. The normalized spacial score (nSPS) is 10.2. The van der Waals surface area contributed by atoms with Gasteiger partial charge in [-0.1, -0.05) is 6.07 Å². The number of carboxylic acids is 1. The number of hydrogen-bond donors (Lipinski definition) is 1. The fraction of sp³-hybridized carbons (Fsp3) is 0. The van der Waals surface area contributed by atoms with E-state index in [9.17, 15) is 14.9 Å². The van der Waals surface area contributed by atoms with E-state index in [4.69, 9.17) is 5.11 Å². The van der Waals surface area contributed by atoms with Crippen LogP contribution >= 0.6 is 0 Å². The van der Waals surface area contributed by atoms with Crippen molar-refractivity contribution in [3.8, 4) is 0 Å². The van der Waals surface area contributed by atoms with Gasteiger partial charge in [0, 0.05) is 17.6 Å². The number of hydrogen-bond acceptors (Lipinski definition) is 4. The van der Waals surface area contributed by atoms with Gasteiger partial charge in [-0.15, -0.1) is 0 Å². The highest BCUT2D eigenvalue weighted by Gasteiger charge is 2.17. The van der Waals surface area contributed by atoms with Crippen molar-refractivity contribution in [3.05, 3.63) is 46.1 Å². The Hall–Kier alpha value is -2.50. The predicted molar refractivity (Wildman–Crippen MR) is 55.4 cm³/mol. The Morgan fingerprint density at radius 1 is 1.38 bits per heavy atom. The monoisotopic (exact) mass is 218 g/mol. The number of non-ortho nitro benzene ring substituents is 1. The molecule has 80 valence electrons. The summed E-state index contributed by atoms with van der Waals surface area (Å²) < 4.78 is 0. The van der Waals surface area contributed by atoms with Crippen LogP contribution in [0, 0.1) is 10.1 Å². The molecule has 0 atom stereocenters. The van der Waals surface area contributed by atoms with E-state index >= 15 is 0 Å². The SMILES string of the molecule is O=C(O)c1ccc([N+](=O)[O-])c2ncccc12. The standard InChI is InChI=1S/C10H6N2O4/c13-10(14)7-3-4-8(12(15)16)9-6(7)2-1-5-11-9/h1-5H,(H,13,14). The Bertz CT molecular complexity index is 542. The Morgan fingerprint density at radius 2 is 2.12 bits per heavy atom. The molecule has 0 amide bonds. The van der Waals surface area contributed by atoms with Gasteiger partial charge in [0.25, 0.3) is 5.69 Å². The third-order valence-electron chi connectivity index (χ3n) is 2.18. The van der Waals surface area contributed by atoms with E-state index in [-0.39, 0.29) is 22.2 Å². The second-order valence-electron chi connectivity index (χ2n) is 3.09. The molecule has 1 N–H and O–H groups in total. The molecule has 16 heavy (non-hydrogen) atoms. The summed E-state index contributed by atoms with van der Waals surface area (Å²) in [7, 11) is 0. The van der Waals surface area contributed by atoms with Crippen molar-refractivity contribution in [1.29, 1.82) is 0 Å². The van der Waals surface area contributed by atoms with Gasteiger partial charge in [-0.05, 0) is 12.1 Å². The highest BCUT2D eigenvalue weighted by Crippen LogP contribution is 2.26. The lowest BCUT2D eigenvalue weighted by molar-refractivity contribution is -0.383. The highest BCUT2D eigenvalue weighted by molar-refractivity contribution is 6.05.